The predicted molar refractivity (Wildman–Crippen MR) is 99.6 cm³/mol. The summed E-state index contributed by atoms with van der Waals surface area (Å²) >= 11 is 0.934. The first kappa shape index (κ1) is 19.9. The van der Waals surface area contributed by atoms with Crippen LogP contribution in [0.1, 0.15) is 28.7 Å². The van der Waals surface area contributed by atoms with Gasteiger partial charge in [0, 0.05) is 24.9 Å². The van der Waals surface area contributed by atoms with Crippen molar-refractivity contribution in [3.05, 3.63) is 47.0 Å². The Hall–Kier alpha value is -2.88. The number of rotatable bonds is 6. The van der Waals surface area contributed by atoms with E-state index in [1.807, 2.05) is 0 Å². The Kier molecular flexibility index (Phi) is 5.68. The third kappa shape index (κ3) is 4.16. The Morgan fingerprint density at radius 2 is 1.82 bits per heavy atom. The van der Waals surface area contributed by atoms with Crippen LogP contribution < -0.4 is 10.6 Å². The summed E-state index contributed by atoms with van der Waals surface area (Å²) in [5.41, 5.74) is -0.559. The van der Waals surface area contributed by atoms with Gasteiger partial charge in [0.1, 0.15) is 4.83 Å². The maximum absolute atomic E-state index is 13.4. The first-order valence-electron chi connectivity index (χ1n) is 8.51. The molecule has 0 spiro atoms. The number of hydrogen-bond donors (Lipinski definition) is 2. The lowest BCUT2D eigenvalue weighted by Crippen LogP contribution is -2.34. The molecule has 0 aliphatic rings. The molecular weight excluding hydrogens is 393 g/mol. The molecule has 0 bridgehead atoms. The number of para-hydroxylation sites is 1. The number of benzene rings is 1. The summed E-state index contributed by atoms with van der Waals surface area (Å²) in [6.07, 6.45) is -4.31. The van der Waals surface area contributed by atoms with Crippen LogP contribution in [0.3, 0.4) is 0 Å². The maximum Gasteiger partial charge on any atom is 0.435 e. The van der Waals surface area contributed by atoms with E-state index >= 15 is 0 Å². The minimum Gasteiger partial charge on any atom is -0.354 e. The van der Waals surface area contributed by atoms with Gasteiger partial charge in [0.05, 0.1) is 10.6 Å². The van der Waals surface area contributed by atoms with Crippen LogP contribution in [0, 0.1) is 0 Å². The van der Waals surface area contributed by atoms with Crippen LogP contribution >= 0.6 is 11.3 Å². The fraction of sp³-hybridized carbons (Fsp3) is 0.278. The number of thiophene rings is 1. The predicted octanol–water partition coefficient (Wildman–Crippen LogP) is 3.36. The summed E-state index contributed by atoms with van der Waals surface area (Å²) in [6.45, 7) is 2.13. The third-order valence-corrected chi connectivity index (χ3v) is 5.02. The van der Waals surface area contributed by atoms with Gasteiger partial charge in [0.2, 0.25) is 5.91 Å². The summed E-state index contributed by atoms with van der Waals surface area (Å²) in [6, 6.07) is 9.63. The highest BCUT2D eigenvalue weighted by atomic mass is 32.1. The highest BCUT2D eigenvalue weighted by Crippen LogP contribution is 2.38. The van der Waals surface area contributed by atoms with E-state index in [1.54, 1.807) is 37.3 Å². The zero-order chi connectivity index (χ0) is 20.3. The molecule has 0 aliphatic carbocycles. The molecule has 0 atom stereocenters. The van der Waals surface area contributed by atoms with Crippen LogP contribution in [0.25, 0.3) is 15.9 Å². The minimum absolute atomic E-state index is 0.120. The Balaban J connectivity index is 1.88. The van der Waals surface area contributed by atoms with Crippen LogP contribution in [-0.2, 0) is 11.0 Å². The minimum atomic E-state index is -4.64. The van der Waals surface area contributed by atoms with Gasteiger partial charge < -0.3 is 10.6 Å². The number of nitrogens with one attached hydrogen (secondary N) is 2. The zero-order valence-corrected chi connectivity index (χ0v) is 15.7. The van der Waals surface area contributed by atoms with Gasteiger partial charge in [-0.05, 0) is 18.2 Å². The monoisotopic (exact) mass is 410 g/mol. The van der Waals surface area contributed by atoms with Crippen molar-refractivity contribution in [1.29, 1.82) is 0 Å². The maximum atomic E-state index is 13.4. The molecule has 2 amide bonds. The summed E-state index contributed by atoms with van der Waals surface area (Å²) in [5, 5.41) is 8.80. The molecule has 2 aromatic heterocycles. The van der Waals surface area contributed by atoms with E-state index < -0.39 is 17.8 Å². The van der Waals surface area contributed by atoms with Gasteiger partial charge in [0.25, 0.3) is 5.91 Å². The number of amides is 2. The number of nitrogens with zero attached hydrogens (tertiary/aromatic N) is 2. The van der Waals surface area contributed by atoms with Crippen LogP contribution in [0.15, 0.2) is 36.4 Å². The van der Waals surface area contributed by atoms with E-state index in [1.165, 1.54) is 10.7 Å². The van der Waals surface area contributed by atoms with Crippen molar-refractivity contribution in [1.82, 2.24) is 20.4 Å². The number of halogens is 3. The molecule has 6 nitrogen and oxygen atoms in total. The lowest BCUT2D eigenvalue weighted by atomic mass is 10.2. The molecule has 148 valence electrons. The third-order valence-electron chi connectivity index (χ3n) is 3.91. The summed E-state index contributed by atoms with van der Waals surface area (Å²) in [5.74, 6) is -0.645. The van der Waals surface area contributed by atoms with Crippen molar-refractivity contribution in [2.75, 3.05) is 13.1 Å². The van der Waals surface area contributed by atoms with E-state index in [9.17, 15) is 22.8 Å². The Morgan fingerprint density at radius 1 is 1.14 bits per heavy atom. The molecule has 2 heterocycles. The van der Waals surface area contributed by atoms with E-state index in [2.05, 4.69) is 15.7 Å². The Morgan fingerprint density at radius 3 is 2.46 bits per heavy atom. The van der Waals surface area contributed by atoms with Crippen molar-refractivity contribution < 1.29 is 22.8 Å². The van der Waals surface area contributed by atoms with Gasteiger partial charge >= 0.3 is 6.18 Å². The van der Waals surface area contributed by atoms with E-state index in [-0.39, 0.29) is 34.1 Å². The molecule has 0 radical (unpaired) electrons. The molecule has 0 unspecified atom stereocenters. The lowest BCUT2D eigenvalue weighted by Gasteiger charge is -2.05. The number of aromatic nitrogens is 2. The Labute approximate surface area is 162 Å². The highest BCUT2D eigenvalue weighted by Gasteiger charge is 2.38. The quantitative estimate of drug-likeness (QED) is 0.612. The molecule has 3 aromatic rings. The fourth-order valence-electron chi connectivity index (χ4n) is 2.56. The lowest BCUT2D eigenvalue weighted by molar-refractivity contribution is -0.140. The largest absolute Gasteiger partial charge is 0.435 e. The van der Waals surface area contributed by atoms with Crippen molar-refractivity contribution >= 4 is 33.4 Å². The smallest absolute Gasteiger partial charge is 0.354 e. The fourth-order valence-corrected chi connectivity index (χ4v) is 3.61. The molecular formula is C18H17F3N4O2S. The first-order chi connectivity index (χ1) is 13.3. The number of hydrogen-bond acceptors (Lipinski definition) is 4. The standard InChI is InChI=1S/C18H17F3N4O2S/c1-2-14(26)22-8-9-23-16(27)13-10-12-15(18(19,20)21)24-25(17(12)28-13)11-6-4-3-5-7-11/h3-7,10H,2,8-9H2,1H3,(H,22,26)(H,23,27). The second-order valence-electron chi connectivity index (χ2n) is 5.88. The molecule has 2 N–H and O–H groups in total. The SMILES string of the molecule is CCC(=O)NCCNC(=O)c1cc2c(C(F)(F)F)nn(-c3ccccc3)c2s1. The van der Waals surface area contributed by atoms with Gasteiger partial charge in [-0.25, -0.2) is 4.68 Å². The van der Waals surface area contributed by atoms with E-state index in [0.717, 1.165) is 11.3 Å². The number of carbonyl (C=O) groups excluding carboxylic acids is 2. The van der Waals surface area contributed by atoms with Crippen molar-refractivity contribution in [2.24, 2.45) is 0 Å². The average molecular weight is 410 g/mol. The molecule has 0 saturated heterocycles. The van der Waals surface area contributed by atoms with E-state index in [4.69, 9.17) is 0 Å². The first-order valence-corrected chi connectivity index (χ1v) is 9.33. The number of fused-ring (bicyclic) bond motifs is 1. The van der Waals surface area contributed by atoms with Gasteiger partial charge in [0.15, 0.2) is 5.69 Å². The highest BCUT2D eigenvalue weighted by molar-refractivity contribution is 7.20. The van der Waals surface area contributed by atoms with Gasteiger partial charge in [-0.15, -0.1) is 11.3 Å². The second-order valence-corrected chi connectivity index (χ2v) is 6.91. The topological polar surface area (TPSA) is 76.0 Å². The average Bonchev–Trinajstić information content (AvgIpc) is 3.24. The van der Waals surface area contributed by atoms with Crippen LogP contribution in [0.4, 0.5) is 13.2 Å². The number of carbonyl (C=O) groups is 2. The Bertz CT molecular complexity index is 996. The van der Waals surface area contributed by atoms with E-state index in [0.29, 0.717) is 12.1 Å². The van der Waals surface area contributed by atoms with Gasteiger partial charge in [-0.2, -0.15) is 18.3 Å². The summed E-state index contributed by atoms with van der Waals surface area (Å²) < 4.78 is 41.4. The van der Waals surface area contributed by atoms with Crippen LogP contribution in [0.5, 0.6) is 0 Å². The van der Waals surface area contributed by atoms with Crippen molar-refractivity contribution in [2.45, 2.75) is 19.5 Å². The summed E-state index contributed by atoms with van der Waals surface area (Å²) in [4.78, 5) is 23.9. The van der Waals surface area contributed by atoms with Gasteiger partial charge in [-0.3, -0.25) is 9.59 Å². The summed E-state index contributed by atoms with van der Waals surface area (Å²) in [7, 11) is 0. The van der Waals surface area contributed by atoms with Gasteiger partial charge in [-0.1, -0.05) is 25.1 Å². The molecule has 28 heavy (non-hydrogen) atoms. The molecule has 1 aromatic carbocycles. The van der Waals surface area contributed by atoms with Crippen molar-refractivity contribution in [3.8, 4) is 5.69 Å². The molecule has 0 aliphatic heterocycles. The van der Waals surface area contributed by atoms with Crippen molar-refractivity contribution in [3.63, 3.8) is 0 Å². The van der Waals surface area contributed by atoms with Crippen LogP contribution in [0.2, 0.25) is 0 Å². The zero-order valence-electron chi connectivity index (χ0n) is 14.8. The molecule has 3 rings (SSSR count). The van der Waals surface area contributed by atoms with Crippen LogP contribution in [-0.4, -0.2) is 34.7 Å². The number of alkyl halides is 3. The second kappa shape index (κ2) is 8.01. The molecule has 0 fully saturated rings. The molecule has 10 heteroatoms. The normalized spacial score (nSPS) is 11.6. The molecule has 0 saturated carbocycles.